The molecule has 0 aliphatic carbocycles. The van der Waals surface area contributed by atoms with Crippen molar-refractivity contribution in [1.82, 2.24) is 4.90 Å². The van der Waals surface area contributed by atoms with E-state index >= 15 is 0 Å². The third kappa shape index (κ3) is 4.21. The van der Waals surface area contributed by atoms with Crippen LogP contribution in [0.5, 0.6) is 5.75 Å². The summed E-state index contributed by atoms with van der Waals surface area (Å²) in [7, 11) is 0. The minimum absolute atomic E-state index is 0.0496. The Balaban J connectivity index is 1.57. The molecule has 2 aromatic carbocycles. The lowest BCUT2D eigenvalue weighted by Gasteiger charge is -2.37. The van der Waals surface area contributed by atoms with Crippen molar-refractivity contribution in [3.05, 3.63) is 58.1 Å². The number of benzene rings is 2. The second-order valence-electron chi connectivity index (χ2n) is 6.75. The Hall–Kier alpha value is -2.01. The number of ether oxygens (including phenoxy) is 1. The van der Waals surface area contributed by atoms with Crippen LogP contribution in [0.3, 0.4) is 0 Å². The lowest BCUT2D eigenvalue weighted by Crippen LogP contribution is -2.52. The maximum absolute atomic E-state index is 12.7. The summed E-state index contributed by atoms with van der Waals surface area (Å²) in [6.45, 7) is 9.26. The molecule has 26 heavy (non-hydrogen) atoms. The monoisotopic (exact) mass is 416 g/mol. The molecule has 138 valence electrons. The van der Waals surface area contributed by atoms with Crippen LogP contribution in [-0.2, 0) is 4.79 Å². The highest BCUT2D eigenvalue weighted by Crippen LogP contribution is 2.24. The van der Waals surface area contributed by atoms with Crippen LogP contribution in [-0.4, -0.2) is 43.1 Å². The maximum Gasteiger partial charge on any atom is 0.263 e. The van der Waals surface area contributed by atoms with Gasteiger partial charge in [0.15, 0.2) is 6.10 Å². The van der Waals surface area contributed by atoms with Crippen molar-refractivity contribution < 1.29 is 9.53 Å². The van der Waals surface area contributed by atoms with Gasteiger partial charge in [0.05, 0.1) is 0 Å². The van der Waals surface area contributed by atoms with Crippen molar-refractivity contribution in [2.45, 2.75) is 26.9 Å². The normalized spacial score (nSPS) is 15.7. The van der Waals surface area contributed by atoms with Crippen molar-refractivity contribution >= 4 is 27.5 Å². The molecule has 1 fully saturated rings. The quantitative estimate of drug-likeness (QED) is 0.748. The summed E-state index contributed by atoms with van der Waals surface area (Å²) in [5, 5.41) is 0. The molecule has 1 heterocycles. The first kappa shape index (κ1) is 18.8. The highest BCUT2D eigenvalue weighted by atomic mass is 79.9. The second kappa shape index (κ2) is 8.12. The highest BCUT2D eigenvalue weighted by molar-refractivity contribution is 9.10. The van der Waals surface area contributed by atoms with Crippen LogP contribution >= 0.6 is 15.9 Å². The third-order valence-corrected chi connectivity index (χ3v) is 5.51. The van der Waals surface area contributed by atoms with Crippen LogP contribution in [0.2, 0.25) is 0 Å². The number of hydrogen-bond acceptors (Lipinski definition) is 3. The van der Waals surface area contributed by atoms with Crippen LogP contribution < -0.4 is 9.64 Å². The van der Waals surface area contributed by atoms with E-state index in [4.69, 9.17) is 4.74 Å². The van der Waals surface area contributed by atoms with Crippen molar-refractivity contribution in [2.75, 3.05) is 31.1 Å². The summed E-state index contributed by atoms with van der Waals surface area (Å²) in [4.78, 5) is 17.0. The van der Waals surface area contributed by atoms with Gasteiger partial charge in [-0.25, -0.2) is 0 Å². The summed E-state index contributed by atoms with van der Waals surface area (Å²) < 4.78 is 6.80. The summed E-state index contributed by atoms with van der Waals surface area (Å²) in [6, 6.07) is 14.0. The molecule has 3 rings (SSSR count). The van der Waals surface area contributed by atoms with Gasteiger partial charge in [-0.15, -0.1) is 0 Å². The number of nitrogens with zero attached hydrogens (tertiary/aromatic N) is 2. The first-order valence-corrected chi connectivity index (χ1v) is 9.77. The summed E-state index contributed by atoms with van der Waals surface area (Å²) in [5.41, 5.74) is 3.90. The SMILES string of the molecule is Cc1cccc(N2CCN(C(=O)C(C)Oc3ccc(Br)cc3)CC2)c1C. The molecule has 0 saturated carbocycles. The Morgan fingerprint density at radius 2 is 1.69 bits per heavy atom. The van der Waals surface area contributed by atoms with E-state index in [1.54, 1.807) is 0 Å². The average molecular weight is 417 g/mol. The number of carbonyl (C=O) groups is 1. The molecule has 1 atom stereocenters. The number of hydrogen-bond donors (Lipinski definition) is 0. The van der Waals surface area contributed by atoms with Gasteiger partial charge in [-0.2, -0.15) is 0 Å². The summed E-state index contributed by atoms with van der Waals surface area (Å²) in [6.07, 6.45) is -0.483. The molecule has 2 aromatic rings. The van der Waals surface area contributed by atoms with Crippen LogP contribution in [0.4, 0.5) is 5.69 Å². The number of piperazine rings is 1. The molecule has 1 aliphatic rings. The molecule has 1 saturated heterocycles. The molecule has 4 nitrogen and oxygen atoms in total. The average Bonchev–Trinajstić information content (AvgIpc) is 2.65. The van der Waals surface area contributed by atoms with E-state index in [1.165, 1.54) is 16.8 Å². The van der Waals surface area contributed by atoms with Gasteiger partial charge >= 0.3 is 0 Å². The molecule has 1 unspecified atom stereocenters. The molecular weight excluding hydrogens is 392 g/mol. The zero-order valence-electron chi connectivity index (χ0n) is 15.5. The fraction of sp³-hybridized carbons (Fsp3) is 0.381. The topological polar surface area (TPSA) is 32.8 Å². The van der Waals surface area contributed by atoms with Crippen molar-refractivity contribution in [3.63, 3.8) is 0 Å². The Labute approximate surface area is 163 Å². The van der Waals surface area contributed by atoms with Gasteiger partial charge in [0.2, 0.25) is 0 Å². The zero-order chi connectivity index (χ0) is 18.7. The molecule has 0 N–H and O–H groups in total. The van der Waals surface area contributed by atoms with E-state index in [9.17, 15) is 4.79 Å². The van der Waals surface area contributed by atoms with Crippen LogP contribution in [0.1, 0.15) is 18.1 Å². The van der Waals surface area contributed by atoms with Gasteiger partial charge in [-0.1, -0.05) is 28.1 Å². The van der Waals surface area contributed by atoms with E-state index < -0.39 is 6.10 Å². The lowest BCUT2D eigenvalue weighted by molar-refractivity contribution is -0.138. The Bertz CT molecular complexity index is 768. The number of aryl methyl sites for hydroxylation is 1. The Morgan fingerprint density at radius 3 is 2.35 bits per heavy atom. The second-order valence-corrected chi connectivity index (χ2v) is 7.66. The molecule has 0 radical (unpaired) electrons. The van der Waals surface area contributed by atoms with Gasteiger partial charge in [-0.05, 0) is 62.2 Å². The Kier molecular flexibility index (Phi) is 5.87. The van der Waals surface area contributed by atoms with E-state index in [0.29, 0.717) is 5.75 Å². The van der Waals surface area contributed by atoms with Crippen molar-refractivity contribution in [2.24, 2.45) is 0 Å². The maximum atomic E-state index is 12.7. The number of carbonyl (C=O) groups excluding carboxylic acids is 1. The minimum Gasteiger partial charge on any atom is -0.481 e. The third-order valence-electron chi connectivity index (χ3n) is 4.98. The molecule has 0 aromatic heterocycles. The predicted molar refractivity (Wildman–Crippen MR) is 109 cm³/mol. The standard InChI is InChI=1S/C21H25BrN2O2/c1-15-5-4-6-20(16(15)2)23-11-13-24(14-12-23)21(25)17(3)26-19-9-7-18(22)8-10-19/h4-10,17H,11-14H2,1-3H3. The van der Waals surface area contributed by atoms with E-state index in [1.807, 2.05) is 36.1 Å². The fourth-order valence-corrected chi connectivity index (χ4v) is 3.54. The van der Waals surface area contributed by atoms with Crippen LogP contribution in [0.25, 0.3) is 0 Å². The predicted octanol–water partition coefficient (Wildman–Crippen LogP) is 4.18. The van der Waals surface area contributed by atoms with Gasteiger partial charge in [0, 0.05) is 36.3 Å². The van der Waals surface area contributed by atoms with Gasteiger partial charge in [-0.3, -0.25) is 4.79 Å². The number of amides is 1. The lowest BCUT2D eigenvalue weighted by atomic mass is 10.1. The van der Waals surface area contributed by atoms with E-state index in [2.05, 4.69) is 52.9 Å². The summed E-state index contributed by atoms with van der Waals surface area (Å²) in [5.74, 6) is 0.761. The smallest absolute Gasteiger partial charge is 0.263 e. The number of anilines is 1. The van der Waals surface area contributed by atoms with Gasteiger partial charge in [0.1, 0.15) is 5.75 Å². The van der Waals surface area contributed by atoms with E-state index in [-0.39, 0.29) is 5.91 Å². The van der Waals surface area contributed by atoms with E-state index in [0.717, 1.165) is 30.7 Å². The molecular formula is C21H25BrN2O2. The molecule has 1 amide bonds. The van der Waals surface area contributed by atoms with Crippen LogP contribution in [0, 0.1) is 13.8 Å². The van der Waals surface area contributed by atoms with Crippen LogP contribution in [0.15, 0.2) is 46.9 Å². The largest absolute Gasteiger partial charge is 0.481 e. The van der Waals surface area contributed by atoms with Crippen molar-refractivity contribution in [1.29, 1.82) is 0 Å². The van der Waals surface area contributed by atoms with Gasteiger partial charge < -0.3 is 14.5 Å². The Morgan fingerprint density at radius 1 is 1.04 bits per heavy atom. The molecule has 5 heteroatoms. The first-order chi connectivity index (χ1) is 12.5. The number of halogens is 1. The highest BCUT2D eigenvalue weighted by Gasteiger charge is 2.26. The zero-order valence-corrected chi connectivity index (χ0v) is 17.1. The van der Waals surface area contributed by atoms with Gasteiger partial charge in [0.25, 0.3) is 5.91 Å². The summed E-state index contributed by atoms with van der Waals surface area (Å²) >= 11 is 3.40. The fourth-order valence-electron chi connectivity index (χ4n) is 3.27. The first-order valence-electron chi connectivity index (χ1n) is 8.98. The molecule has 1 aliphatic heterocycles. The molecule has 0 spiro atoms. The number of rotatable bonds is 4. The minimum atomic E-state index is -0.483. The molecule has 0 bridgehead atoms. The van der Waals surface area contributed by atoms with Crippen molar-refractivity contribution in [3.8, 4) is 5.75 Å².